The van der Waals surface area contributed by atoms with Gasteiger partial charge >= 0.3 is 0 Å². The molecule has 1 aromatic heterocycles. The first-order valence-electron chi connectivity index (χ1n) is 8.24. The summed E-state index contributed by atoms with van der Waals surface area (Å²) in [4.78, 5) is 16.3. The lowest BCUT2D eigenvalue weighted by atomic mass is 10.1. The molecular weight excluding hydrogens is 308 g/mol. The molecule has 1 aromatic carbocycles. The minimum Gasteiger partial charge on any atom is -0.380 e. The molecule has 24 heavy (non-hydrogen) atoms. The molecule has 128 valence electrons. The molecule has 1 amide bonds. The monoisotopic (exact) mass is 330 g/mol. The SMILES string of the molecule is O=C(CCc1nc(-c2ccccc2)no1)NC[C@H]1CNCCOC1. The van der Waals surface area contributed by atoms with E-state index >= 15 is 0 Å². The van der Waals surface area contributed by atoms with Crippen molar-refractivity contribution in [3.05, 3.63) is 36.2 Å². The molecule has 2 aromatic rings. The number of hydrogen-bond donors (Lipinski definition) is 2. The molecule has 2 N–H and O–H groups in total. The molecule has 7 heteroatoms. The van der Waals surface area contributed by atoms with Crippen LogP contribution >= 0.6 is 0 Å². The maximum Gasteiger partial charge on any atom is 0.227 e. The molecule has 0 radical (unpaired) electrons. The lowest BCUT2D eigenvalue weighted by Gasteiger charge is -2.14. The third-order valence-corrected chi connectivity index (χ3v) is 3.86. The highest BCUT2D eigenvalue weighted by atomic mass is 16.5. The van der Waals surface area contributed by atoms with E-state index in [9.17, 15) is 4.79 Å². The highest BCUT2D eigenvalue weighted by Gasteiger charge is 2.14. The molecule has 0 unspecified atom stereocenters. The number of carbonyl (C=O) groups excluding carboxylic acids is 1. The summed E-state index contributed by atoms with van der Waals surface area (Å²) in [5.41, 5.74) is 0.901. The number of aryl methyl sites for hydroxylation is 1. The molecule has 1 atom stereocenters. The number of hydrogen-bond acceptors (Lipinski definition) is 6. The summed E-state index contributed by atoms with van der Waals surface area (Å²) in [6, 6.07) is 9.62. The summed E-state index contributed by atoms with van der Waals surface area (Å²) < 4.78 is 10.7. The predicted molar refractivity (Wildman–Crippen MR) is 88.2 cm³/mol. The van der Waals surface area contributed by atoms with Gasteiger partial charge in [-0.1, -0.05) is 35.5 Å². The van der Waals surface area contributed by atoms with Crippen LogP contribution in [0.4, 0.5) is 0 Å². The third kappa shape index (κ3) is 4.87. The van der Waals surface area contributed by atoms with E-state index in [1.807, 2.05) is 30.3 Å². The van der Waals surface area contributed by atoms with Crippen molar-refractivity contribution in [2.24, 2.45) is 5.92 Å². The third-order valence-electron chi connectivity index (χ3n) is 3.86. The van der Waals surface area contributed by atoms with Crippen molar-refractivity contribution in [3.8, 4) is 11.4 Å². The molecule has 1 fully saturated rings. The second kappa shape index (κ2) is 8.56. The fraction of sp³-hybridized carbons (Fsp3) is 0.471. The molecule has 0 bridgehead atoms. The Balaban J connectivity index is 1.42. The van der Waals surface area contributed by atoms with Gasteiger partial charge in [0.1, 0.15) is 0 Å². The molecule has 3 rings (SSSR count). The van der Waals surface area contributed by atoms with Crippen LogP contribution in [0.1, 0.15) is 12.3 Å². The molecular formula is C17H22N4O3. The van der Waals surface area contributed by atoms with Gasteiger partial charge in [0.15, 0.2) is 0 Å². The van der Waals surface area contributed by atoms with Crippen LogP contribution in [0, 0.1) is 5.92 Å². The van der Waals surface area contributed by atoms with Gasteiger partial charge in [0, 0.05) is 44.0 Å². The van der Waals surface area contributed by atoms with Crippen LogP contribution in [-0.2, 0) is 16.0 Å². The number of nitrogens with one attached hydrogen (secondary N) is 2. The lowest BCUT2D eigenvalue weighted by molar-refractivity contribution is -0.121. The number of aromatic nitrogens is 2. The molecule has 0 saturated carbocycles. The summed E-state index contributed by atoms with van der Waals surface area (Å²) in [6.07, 6.45) is 0.766. The second-order valence-electron chi connectivity index (χ2n) is 5.83. The molecule has 2 heterocycles. The number of amides is 1. The van der Waals surface area contributed by atoms with Crippen LogP contribution < -0.4 is 10.6 Å². The van der Waals surface area contributed by atoms with Crippen molar-refractivity contribution in [3.63, 3.8) is 0 Å². The maximum absolute atomic E-state index is 12.0. The first-order valence-corrected chi connectivity index (χ1v) is 8.24. The average molecular weight is 330 g/mol. The minimum atomic E-state index is -0.0151. The smallest absolute Gasteiger partial charge is 0.227 e. The van der Waals surface area contributed by atoms with Gasteiger partial charge in [-0.25, -0.2) is 0 Å². The van der Waals surface area contributed by atoms with E-state index in [4.69, 9.17) is 9.26 Å². The molecule has 1 saturated heterocycles. The summed E-state index contributed by atoms with van der Waals surface area (Å²) in [5.74, 6) is 1.32. The van der Waals surface area contributed by atoms with Crippen molar-refractivity contribution in [1.29, 1.82) is 0 Å². The van der Waals surface area contributed by atoms with E-state index in [1.54, 1.807) is 0 Å². The van der Waals surface area contributed by atoms with Crippen molar-refractivity contribution in [2.75, 3.05) is 32.8 Å². The van der Waals surface area contributed by atoms with E-state index < -0.39 is 0 Å². The highest BCUT2D eigenvalue weighted by molar-refractivity contribution is 5.76. The molecule has 1 aliphatic heterocycles. The van der Waals surface area contributed by atoms with Crippen molar-refractivity contribution < 1.29 is 14.1 Å². The Morgan fingerprint density at radius 2 is 2.21 bits per heavy atom. The number of ether oxygens (including phenoxy) is 1. The van der Waals surface area contributed by atoms with Crippen LogP contribution in [0.5, 0.6) is 0 Å². The largest absolute Gasteiger partial charge is 0.380 e. The fourth-order valence-electron chi connectivity index (χ4n) is 2.52. The maximum atomic E-state index is 12.0. The standard InChI is InChI=1S/C17H22N4O3/c22-15(19-11-13-10-18-8-9-23-12-13)6-7-16-20-17(21-24-16)14-4-2-1-3-5-14/h1-5,13,18H,6-12H2,(H,19,22)/t13-/m1/s1. The Hall–Kier alpha value is -2.25. The van der Waals surface area contributed by atoms with Crippen LogP contribution in [0.3, 0.4) is 0 Å². The average Bonchev–Trinajstić information content (AvgIpc) is 2.94. The summed E-state index contributed by atoms with van der Waals surface area (Å²) >= 11 is 0. The summed E-state index contributed by atoms with van der Waals surface area (Å²) in [5, 5.41) is 10.2. The Morgan fingerprint density at radius 3 is 3.08 bits per heavy atom. The van der Waals surface area contributed by atoms with E-state index in [2.05, 4.69) is 20.8 Å². The Bertz CT molecular complexity index is 636. The number of carbonyl (C=O) groups is 1. The Kier molecular flexibility index (Phi) is 5.92. The summed E-state index contributed by atoms with van der Waals surface area (Å²) in [6.45, 7) is 3.75. The van der Waals surface area contributed by atoms with Gasteiger partial charge in [-0.05, 0) is 0 Å². The number of nitrogens with zero attached hydrogens (tertiary/aromatic N) is 2. The molecule has 1 aliphatic rings. The van der Waals surface area contributed by atoms with E-state index in [-0.39, 0.29) is 5.91 Å². The van der Waals surface area contributed by atoms with Crippen LogP contribution in [0.2, 0.25) is 0 Å². The lowest BCUT2D eigenvalue weighted by Crippen LogP contribution is -2.35. The van der Waals surface area contributed by atoms with E-state index in [1.165, 1.54) is 0 Å². The highest BCUT2D eigenvalue weighted by Crippen LogP contribution is 2.15. The minimum absolute atomic E-state index is 0.0151. The van der Waals surface area contributed by atoms with Crippen molar-refractivity contribution in [2.45, 2.75) is 12.8 Å². The zero-order valence-corrected chi connectivity index (χ0v) is 13.5. The Morgan fingerprint density at radius 1 is 1.33 bits per heavy atom. The first-order chi connectivity index (χ1) is 11.8. The van der Waals surface area contributed by atoms with E-state index in [0.717, 1.165) is 25.3 Å². The Labute approximate surface area is 140 Å². The predicted octanol–water partition coefficient (Wildman–Crippen LogP) is 1.02. The first kappa shape index (κ1) is 16.6. The zero-order chi connectivity index (χ0) is 16.6. The van der Waals surface area contributed by atoms with Crippen LogP contribution in [0.15, 0.2) is 34.9 Å². The topological polar surface area (TPSA) is 89.3 Å². The molecule has 0 aliphatic carbocycles. The fourth-order valence-corrected chi connectivity index (χ4v) is 2.52. The van der Waals surface area contributed by atoms with Gasteiger partial charge in [0.05, 0.1) is 13.2 Å². The second-order valence-corrected chi connectivity index (χ2v) is 5.83. The van der Waals surface area contributed by atoms with Gasteiger partial charge in [-0.15, -0.1) is 0 Å². The van der Waals surface area contributed by atoms with Gasteiger partial charge in [0.25, 0.3) is 0 Å². The molecule has 7 nitrogen and oxygen atoms in total. The number of rotatable bonds is 6. The van der Waals surface area contributed by atoms with Crippen LogP contribution in [0.25, 0.3) is 11.4 Å². The van der Waals surface area contributed by atoms with Gasteiger partial charge < -0.3 is 19.9 Å². The quantitative estimate of drug-likeness (QED) is 0.822. The summed E-state index contributed by atoms with van der Waals surface area (Å²) in [7, 11) is 0. The normalized spacial score (nSPS) is 18.1. The van der Waals surface area contributed by atoms with Gasteiger partial charge in [-0.2, -0.15) is 4.98 Å². The zero-order valence-electron chi connectivity index (χ0n) is 13.5. The van der Waals surface area contributed by atoms with Gasteiger partial charge in [0.2, 0.25) is 17.6 Å². The van der Waals surface area contributed by atoms with Crippen molar-refractivity contribution in [1.82, 2.24) is 20.8 Å². The number of benzene rings is 1. The van der Waals surface area contributed by atoms with Gasteiger partial charge in [-0.3, -0.25) is 4.79 Å². The van der Waals surface area contributed by atoms with Crippen molar-refractivity contribution >= 4 is 5.91 Å². The van der Waals surface area contributed by atoms with Crippen LogP contribution in [-0.4, -0.2) is 48.9 Å². The van der Waals surface area contributed by atoms with E-state index in [0.29, 0.717) is 43.6 Å². The molecule has 0 spiro atoms.